The van der Waals surface area contributed by atoms with E-state index in [1.54, 1.807) is 4.68 Å². The van der Waals surface area contributed by atoms with Crippen LogP contribution in [0.15, 0.2) is 9.59 Å². The lowest BCUT2D eigenvalue weighted by Gasteiger charge is -2.24. The molecule has 0 radical (unpaired) electrons. The van der Waals surface area contributed by atoms with Crippen molar-refractivity contribution < 1.29 is 9.53 Å². The smallest absolute Gasteiger partial charge is 0.330 e. The number of H-pyrrole nitrogens is 1. The molecule has 0 aliphatic heterocycles. The van der Waals surface area contributed by atoms with E-state index >= 15 is 0 Å². The minimum atomic E-state index is -0.685. The summed E-state index contributed by atoms with van der Waals surface area (Å²) < 4.78 is 8.19. The molecule has 166 valence electrons. The number of anilines is 2. The fourth-order valence-corrected chi connectivity index (χ4v) is 3.47. The third-order valence-corrected chi connectivity index (χ3v) is 5.10. The summed E-state index contributed by atoms with van der Waals surface area (Å²) in [5.41, 5.74) is 7.77. The van der Waals surface area contributed by atoms with Crippen LogP contribution in [-0.2, 0) is 29.5 Å². The Bertz CT molecular complexity index is 1020. The van der Waals surface area contributed by atoms with Gasteiger partial charge in [0.15, 0.2) is 5.69 Å². The van der Waals surface area contributed by atoms with E-state index in [-0.39, 0.29) is 42.9 Å². The number of hydrogen-bond acceptors (Lipinski definition) is 6. The molecule has 0 spiro atoms. The lowest BCUT2D eigenvalue weighted by Crippen LogP contribution is -2.43. The number of amides is 1. The predicted molar refractivity (Wildman–Crippen MR) is 116 cm³/mol. The van der Waals surface area contributed by atoms with Crippen LogP contribution in [0, 0.1) is 19.8 Å². The Labute approximate surface area is 175 Å². The molecule has 3 N–H and O–H groups in total. The van der Waals surface area contributed by atoms with E-state index in [9.17, 15) is 14.4 Å². The van der Waals surface area contributed by atoms with E-state index in [0.29, 0.717) is 13.0 Å². The van der Waals surface area contributed by atoms with E-state index in [0.717, 1.165) is 17.0 Å². The van der Waals surface area contributed by atoms with Gasteiger partial charge in [-0.25, -0.2) is 4.79 Å². The number of methoxy groups -OCH3 is 1. The monoisotopic (exact) mass is 420 g/mol. The second-order valence-corrected chi connectivity index (χ2v) is 7.81. The number of nitrogens with two attached hydrogens (primary N) is 1. The summed E-state index contributed by atoms with van der Waals surface area (Å²) in [6.07, 6.45) is 0.649. The highest BCUT2D eigenvalue weighted by Gasteiger charge is 2.25. The van der Waals surface area contributed by atoms with Crippen LogP contribution in [0.4, 0.5) is 11.5 Å². The number of nitrogens with one attached hydrogen (secondary N) is 1. The van der Waals surface area contributed by atoms with Gasteiger partial charge in [0, 0.05) is 39.4 Å². The first-order chi connectivity index (χ1) is 14.1. The Kier molecular flexibility index (Phi) is 7.60. The summed E-state index contributed by atoms with van der Waals surface area (Å²) in [4.78, 5) is 41.6. The zero-order valence-corrected chi connectivity index (χ0v) is 18.6. The maximum atomic E-state index is 13.1. The molecular formula is C20H32N6O4. The van der Waals surface area contributed by atoms with Crippen molar-refractivity contribution in [1.29, 1.82) is 0 Å². The Morgan fingerprint density at radius 3 is 2.50 bits per heavy atom. The number of aryl methyl sites for hydroxylation is 2. The number of carbonyl (C=O) groups excluding carboxylic acids is 1. The lowest BCUT2D eigenvalue weighted by molar-refractivity contribution is -0.118. The van der Waals surface area contributed by atoms with Crippen molar-refractivity contribution in [2.24, 2.45) is 13.0 Å². The maximum absolute atomic E-state index is 13.1. The van der Waals surface area contributed by atoms with Crippen LogP contribution >= 0.6 is 0 Å². The van der Waals surface area contributed by atoms with Crippen molar-refractivity contribution in [2.45, 2.75) is 47.1 Å². The van der Waals surface area contributed by atoms with Gasteiger partial charge in [-0.2, -0.15) is 5.10 Å². The minimum Gasteiger partial charge on any atom is -0.383 e. The molecule has 1 amide bonds. The molecule has 2 aromatic rings. The summed E-state index contributed by atoms with van der Waals surface area (Å²) in [7, 11) is 3.37. The van der Waals surface area contributed by atoms with Crippen LogP contribution in [0.3, 0.4) is 0 Å². The summed E-state index contributed by atoms with van der Waals surface area (Å²) in [6.45, 7) is 8.42. The molecule has 10 heteroatoms. The Balaban J connectivity index is 2.40. The second-order valence-electron chi connectivity index (χ2n) is 7.81. The van der Waals surface area contributed by atoms with Gasteiger partial charge < -0.3 is 15.4 Å². The first kappa shape index (κ1) is 23.4. The Morgan fingerprint density at radius 2 is 1.97 bits per heavy atom. The molecule has 0 aliphatic rings. The summed E-state index contributed by atoms with van der Waals surface area (Å²) >= 11 is 0. The number of ether oxygens (including phenoxy) is 1. The molecule has 0 aromatic carbocycles. The molecule has 2 heterocycles. The number of nitrogens with zero attached hydrogens (tertiary/aromatic N) is 4. The molecule has 0 saturated heterocycles. The molecule has 0 bridgehead atoms. The topological polar surface area (TPSA) is 128 Å². The average Bonchev–Trinajstić information content (AvgIpc) is 2.90. The lowest BCUT2D eigenvalue weighted by atomic mass is 10.1. The van der Waals surface area contributed by atoms with Gasteiger partial charge in [0.25, 0.3) is 5.56 Å². The summed E-state index contributed by atoms with van der Waals surface area (Å²) in [6, 6.07) is 0. The third kappa shape index (κ3) is 4.99. The van der Waals surface area contributed by atoms with Crippen LogP contribution in [0.1, 0.15) is 37.2 Å². The molecule has 30 heavy (non-hydrogen) atoms. The van der Waals surface area contributed by atoms with Gasteiger partial charge in [-0.15, -0.1) is 0 Å². The second kappa shape index (κ2) is 9.75. The Morgan fingerprint density at radius 1 is 1.30 bits per heavy atom. The number of aromatic amines is 1. The normalized spacial score (nSPS) is 11.3. The molecule has 0 atom stereocenters. The van der Waals surface area contributed by atoms with E-state index < -0.39 is 11.2 Å². The van der Waals surface area contributed by atoms with Crippen LogP contribution in [0.2, 0.25) is 0 Å². The van der Waals surface area contributed by atoms with Crippen LogP contribution in [0.5, 0.6) is 0 Å². The standard InChI is InChI=1S/C20H32N6O4/c1-12(2)11-26-18(21)17(19(28)22-20(26)29)25(9-10-30-6)16(27)8-7-15-13(3)23-24(5)14(15)4/h12H,7-11,21H2,1-6H3,(H,22,28,29). The van der Waals surface area contributed by atoms with Gasteiger partial charge in [0.1, 0.15) is 5.82 Å². The van der Waals surface area contributed by atoms with Crippen molar-refractivity contribution in [1.82, 2.24) is 19.3 Å². The first-order valence-electron chi connectivity index (χ1n) is 9.99. The average molecular weight is 421 g/mol. The number of rotatable bonds is 9. The van der Waals surface area contributed by atoms with Crippen molar-refractivity contribution in [2.75, 3.05) is 30.9 Å². The Hall–Kier alpha value is -2.88. The zero-order valence-electron chi connectivity index (χ0n) is 18.6. The number of hydrogen-bond donors (Lipinski definition) is 2. The highest BCUT2D eigenvalue weighted by atomic mass is 16.5. The quantitative estimate of drug-likeness (QED) is 0.616. The SMILES string of the molecule is COCCN(C(=O)CCc1c(C)nn(C)c1C)c1c(N)n(CC(C)C)c(=O)[nH]c1=O. The number of nitrogen functional groups attached to an aromatic ring is 1. The number of aromatic nitrogens is 4. The molecule has 0 fully saturated rings. The van der Waals surface area contributed by atoms with E-state index in [4.69, 9.17) is 10.5 Å². The van der Waals surface area contributed by atoms with E-state index in [1.165, 1.54) is 16.6 Å². The van der Waals surface area contributed by atoms with Gasteiger partial charge in [0.2, 0.25) is 5.91 Å². The number of carbonyl (C=O) groups is 1. The van der Waals surface area contributed by atoms with Gasteiger partial charge >= 0.3 is 5.69 Å². The van der Waals surface area contributed by atoms with Crippen molar-refractivity contribution in [3.8, 4) is 0 Å². The molecule has 0 unspecified atom stereocenters. The fourth-order valence-electron chi connectivity index (χ4n) is 3.47. The van der Waals surface area contributed by atoms with Gasteiger partial charge in [0.05, 0.1) is 12.3 Å². The van der Waals surface area contributed by atoms with Crippen LogP contribution < -0.4 is 21.9 Å². The maximum Gasteiger partial charge on any atom is 0.330 e. The largest absolute Gasteiger partial charge is 0.383 e. The van der Waals surface area contributed by atoms with Gasteiger partial charge in [-0.05, 0) is 31.7 Å². The molecule has 2 rings (SSSR count). The summed E-state index contributed by atoms with van der Waals surface area (Å²) in [5.74, 6) is -0.166. The van der Waals surface area contributed by atoms with Crippen LogP contribution in [-0.4, -0.2) is 45.5 Å². The minimum absolute atomic E-state index is 0.0167. The van der Waals surface area contributed by atoms with E-state index in [1.807, 2.05) is 34.7 Å². The predicted octanol–water partition coefficient (Wildman–Crippen LogP) is 0.737. The first-order valence-corrected chi connectivity index (χ1v) is 9.99. The third-order valence-electron chi connectivity index (χ3n) is 5.10. The molecule has 2 aromatic heterocycles. The molecule has 0 saturated carbocycles. The van der Waals surface area contributed by atoms with Crippen molar-refractivity contribution in [3.63, 3.8) is 0 Å². The van der Waals surface area contributed by atoms with E-state index in [2.05, 4.69) is 10.1 Å². The van der Waals surface area contributed by atoms with Gasteiger partial charge in [-0.1, -0.05) is 13.8 Å². The zero-order chi connectivity index (χ0) is 22.6. The highest BCUT2D eigenvalue weighted by Crippen LogP contribution is 2.20. The molecule has 10 nitrogen and oxygen atoms in total. The van der Waals surface area contributed by atoms with Crippen LogP contribution in [0.25, 0.3) is 0 Å². The summed E-state index contributed by atoms with van der Waals surface area (Å²) in [5, 5.41) is 4.38. The van der Waals surface area contributed by atoms with Crippen molar-refractivity contribution in [3.05, 3.63) is 37.8 Å². The van der Waals surface area contributed by atoms with Crippen molar-refractivity contribution >= 4 is 17.4 Å². The van der Waals surface area contributed by atoms with Gasteiger partial charge in [-0.3, -0.25) is 23.8 Å². The molecule has 0 aliphatic carbocycles. The highest BCUT2D eigenvalue weighted by molar-refractivity contribution is 5.95. The molecular weight excluding hydrogens is 388 g/mol. The fraction of sp³-hybridized carbons (Fsp3) is 0.600.